The molecule has 1 aromatic heterocycles. The third-order valence-corrected chi connectivity index (χ3v) is 3.76. The lowest BCUT2D eigenvalue weighted by atomic mass is 10.1. The molecule has 0 bridgehead atoms. The van der Waals surface area contributed by atoms with E-state index in [-0.39, 0.29) is 5.91 Å². The number of aromatic nitrogens is 1. The monoisotopic (exact) mass is 266 g/mol. The molecule has 1 amide bonds. The molecule has 0 radical (unpaired) electrons. The minimum absolute atomic E-state index is 0.134. The van der Waals surface area contributed by atoms with Crippen LogP contribution in [0.2, 0.25) is 0 Å². The molecule has 96 valence electrons. The maximum Gasteiger partial charge on any atom is 0.308 e. The Morgan fingerprint density at radius 3 is 2.94 bits per heavy atom. The summed E-state index contributed by atoms with van der Waals surface area (Å²) in [6, 6.07) is 0. The molecule has 1 unspecified atom stereocenters. The van der Waals surface area contributed by atoms with Crippen LogP contribution in [0.1, 0.15) is 16.3 Å². The van der Waals surface area contributed by atoms with Crippen LogP contribution in [0, 0.1) is 12.8 Å². The first kappa shape index (κ1) is 12.8. The molecule has 1 aromatic rings. The van der Waals surface area contributed by atoms with Crippen LogP contribution in [0.3, 0.4) is 0 Å². The van der Waals surface area contributed by atoms with Crippen molar-refractivity contribution < 1.29 is 14.7 Å². The molecule has 0 aromatic carbocycles. The molecular formula is C12H14N2O3S. The molecule has 2 heterocycles. The number of nitrogens with zero attached hydrogens (tertiary/aromatic N) is 2. The Bertz CT molecular complexity index is 495. The van der Waals surface area contributed by atoms with Crippen molar-refractivity contribution in [3.05, 3.63) is 22.2 Å². The van der Waals surface area contributed by atoms with Crippen LogP contribution in [0.5, 0.6) is 0 Å². The van der Waals surface area contributed by atoms with Crippen LogP contribution in [0.4, 0.5) is 0 Å². The van der Waals surface area contributed by atoms with Gasteiger partial charge in [-0.25, -0.2) is 4.98 Å². The summed E-state index contributed by atoms with van der Waals surface area (Å²) in [6.45, 7) is 2.73. The number of carbonyl (C=O) groups excluding carboxylic acids is 1. The second-order valence-corrected chi connectivity index (χ2v) is 5.49. The molecule has 1 saturated heterocycles. The Morgan fingerprint density at radius 1 is 1.61 bits per heavy atom. The van der Waals surface area contributed by atoms with Gasteiger partial charge in [0.15, 0.2) is 0 Å². The Morgan fingerprint density at radius 2 is 2.39 bits per heavy atom. The highest BCUT2D eigenvalue weighted by molar-refractivity contribution is 7.12. The van der Waals surface area contributed by atoms with E-state index in [1.807, 2.05) is 6.92 Å². The third kappa shape index (κ3) is 2.95. The van der Waals surface area contributed by atoms with Gasteiger partial charge in [0, 0.05) is 30.2 Å². The molecule has 0 aliphatic carbocycles. The Labute approximate surface area is 109 Å². The van der Waals surface area contributed by atoms with Gasteiger partial charge >= 0.3 is 5.97 Å². The van der Waals surface area contributed by atoms with E-state index >= 15 is 0 Å². The lowest BCUT2D eigenvalue weighted by Gasteiger charge is -2.12. The van der Waals surface area contributed by atoms with Crippen molar-refractivity contribution in [2.24, 2.45) is 5.92 Å². The smallest absolute Gasteiger partial charge is 0.308 e. The van der Waals surface area contributed by atoms with Gasteiger partial charge in [-0.2, -0.15) is 0 Å². The highest BCUT2D eigenvalue weighted by Crippen LogP contribution is 2.18. The fraction of sp³-hybridized carbons (Fsp3) is 0.417. The number of thiazole rings is 1. The second-order valence-electron chi connectivity index (χ2n) is 4.22. The molecule has 5 nitrogen and oxygen atoms in total. The lowest BCUT2D eigenvalue weighted by Crippen LogP contribution is -2.28. The third-order valence-electron chi connectivity index (χ3n) is 2.88. The number of carboxylic acid groups (broad SMARTS) is 1. The van der Waals surface area contributed by atoms with Gasteiger partial charge in [-0.3, -0.25) is 9.59 Å². The van der Waals surface area contributed by atoms with E-state index in [1.165, 1.54) is 17.4 Å². The minimum Gasteiger partial charge on any atom is -0.481 e. The van der Waals surface area contributed by atoms with E-state index in [2.05, 4.69) is 4.98 Å². The molecule has 0 spiro atoms. The van der Waals surface area contributed by atoms with Gasteiger partial charge in [-0.15, -0.1) is 11.3 Å². The van der Waals surface area contributed by atoms with Crippen molar-refractivity contribution in [1.82, 2.24) is 9.88 Å². The molecule has 1 N–H and O–H groups in total. The van der Waals surface area contributed by atoms with Crippen LogP contribution in [-0.4, -0.2) is 40.0 Å². The van der Waals surface area contributed by atoms with Crippen molar-refractivity contribution in [2.45, 2.75) is 13.3 Å². The zero-order valence-corrected chi connectivity index (χ0v) is 10.8. The number of likely N-dealkylation sites (tertiary alicyclic amines) is 1. The van der Waals surface area contributed by atoms with Crippen molar-refractivity contribution >= 4 is 29.3 Å². The van der Waals surface area contributed by atoms with Crippen LogP contribution < -0.4 is 0 Å². The molecule has 2 rings (SSSR count). The normalized spacial score (nSPS) is 19.6. The zero-order valence-electron chi connectivity index (χ0n) is 10.00. The van der Waals surface area contributed by atoms with E-state index in [9.17, 15) is 9.59 Å². The first-order valence-corrected chi connectivity index (χ1v) is 6.50. The maximum absolute atomic E-state index is 11.8. The van der Waals surface area contributed by atoms with Crippen LogP contribution in [0.25, 0.3) is 6.08 Å². The van der Waals surface area contributed by atoms with E-state index in [0.717, 1.165) is 9.88 Å². The highest BCUT2D eigenvalue weighted by atomic mass is 32.1. The second kappa shape index (κ2) is 5.30. The van der Waals surface area contributed by atoms with Crippen LogP contribution in [-0.2, 0) is 9.59 Å². The molecular weight excluding hydrogens is 252 g/mol. The first-order chi connectivity index (χ1) is 8.56. The Hall–Kier alpha value is -1.69. The standard InChI is InChI=1S/C12H14N2O3S/c1-8-13-6-10(18-8)2-3-11(15)14-5-4-9(7-14)12(16)17/h2-3,6,9H,4-5,7H2,1H3,(H,16,17)/b3-2+. The number of rotatable bonds is 3. The fourth-order valence-electron chi connectivity index (χ4n) is 1.88. The van der Waals surface area contributed by atoms with Gasteiger partial charge in [0.05, 0.1) is 10.9 Å². The number of hydrogen-bond donors (Lipinski definition) is 1. The summed E-state index contributed by atoms with van der Waals surface area (Å²) >= 11 is 1.51. The summed E-state index contributed by atoms with van der Waals surface area (Å²) in [5.41, 5.74) is 0. The largest absolute Gasteiger partial charge is 0.481 e. The lowest BCUT2D eigenvalue weighted by molar-refractivity contribution is -0.141. The number of aliphatic carboxylic acids is 1. The summed E-state index contributed by atoms with van der Waals surface area (Å²) in [6.07, 6.45) is 5.46. The summed E-state index contributed by atoms with van der Waals surface area (Å²) < 4.78 is 0. The maximum atomic E-state index is 11.8. The quantitative estimate of drug-likeness (QED) is 0.839. The van der Waals surface area contributed by atoms with Crippen molar-refractivity contribution in [3.63, 3.8) is 0 Å². The summed E-state index contributed by atoms with van der Waals surface area (Å²) in [5, 5.41) is 9.81. The predicted molar refractivity (Wildman–Crippen MR) is 68.2 cm³/mol. The number of hydrogen-bond acceptors (Lipinski definition) is 4. The minimum atomic E-state index is -0.827. The number of carboxylic acids is 1. The SMILES string of the molecule is Cc1ncc(/C=C/C(=O)N2CCC(C(=O)O)C2)s1. The van der Waals surface area contributed by atoms with Crippen molar-refractivity contribution in [2.75, 3.05) is 13.1 Å². The molecule has 1 aliphatic rings. The van der Waals surface area contributed by atoms with E-state index in [0.29, 0.717) is 19.5 Å². The van der Waals surface area contributed by atoms with Gasteiger partial charge in [-0.1, -0.05) is 0 Å². The summed E-state index contributed by atoms with van der Waals surface area (Å²) in [4.78, 5) is 29.2. The Kier molecular flexibility index (Phi) is 3.76. The van der Waals surface area contributed by atoms with Gasteiger partial charge in [0.1, 0.15) is 0 Å². The molecule has 1 atom stereocenters. The Balaban J connectivity index is 1.93. The van der Waals surface area contributed by atoms with Crippen LogP contribution in [0.15, 0.2) is 12.3 Å². The van der Waals surface area contributed by atoms with E-state index in [4.69, 9.17) is 5.11 Å². The van der Waals surface area contributed by atoms with Gasteiger partial charge in [-0.05, 0) is 19.4 Å². The van der Waals surface area contributed by atoms with Crippen molar-refractivity contribution in [3.8, 4) is 0 Å². The number of carbonyl (C=O) groups is 2. The highest BCUT2D eigenvalue weighted by Gasteiger charge is 2.29. The van der Waals surface area contributed by atoms with Gasteiger partial charge < -0.3 is 10.0 Å². The fourth-order valence-corrected chi connectivity index (χ4v) is 2.56. The molecule has 6 heteroatoms. The molecule has 1 aliphatic heterocycles. The summed E-state index contributed by atoms with van der Waals surface area (Å²) in [5.74, 6) is -1.38. The van der Waals surface area contributed by atoms with Gasteiger partial charge in [0.2, 0.25) is 5.91 Å². The number of amides is 1. The molecule has 18 heavy (non-hydrogen) atoms. The average molecular weight is 266 g/mol. The van der Waals surface area contributed by atoms with Crippen molar-refractivity contribution in [1.29, 1.82) is 0 Å². The van der Waals surface area contributed by atoms with E-state index in [1.54, 1.807) is 17.2 Å². The van der Waals surface area contributed by atoms with Crippen LogP contribution >= 0.6 is 11.3 Å². The predicted octanol–water partition coefficient (Wildman–Crippen LogP) is 1.40. The van der Waals surface area contributed by atoms with E-state index < -0.39 is 11.9 Å². The average Bonchev–Trinajstić information content (AvgIpc) is 2.94. The topological polar surface area (TPSA) is 70.5 Å². The summed E-state index contributed by atoms with van der Waals surface area (Å²) in [7, 11) is 0. The van der Waals surface area contributed by atoms with Gasteiger partial charge in [0.25, 0.3) is 0 Å². The first-order valence-electron chi connectivity index (χ1n) is 5.68. The number of aryl methyl sites for hydroxylation is 1. The molecule has 0 saturated carbocycles. The molecule has 1 fully saturated rings. The zero-order chi connectivity index (χ0) is 13.1.